The van der Waals surface area contributed by atoms with E-state index in [1.54, 1.807) is 6.20 Å². The van der Waals surface area contributed by atoms with E-state index in [2.05, 4.69) is 47.5 Å². The Kier molecular flexibility index (Phi) is 14.6. The minimum atomic E-state index is -1.63. The van der Waals surface area contributed by atoms with Crippen molar-refractivity contribution in [3.8, 4) is 0 Å². The minimum Gasteiger partial charge on any atom is -0.372 e. The topological polar surface area (TPSA) is 244 Å². The van der Waals surface area contributed by atoms with E-state index in [0.717, 1.165) is 0 Å². The molecule has 2 aliphatic carbocycles. The van der Waals surface area contributed by atoms with Crippen LogP contribution in [-0.2, 0) is 51.5 Å². The molecule has 1 aromatic rings. The van der Waals surface area contributed by atoms with Crippen LogP contribution in [0.4, 0.5) is 0 Å². The Balaban J connectivity index is 1.49. The van der Waals surface area contributed by atoms with Gasteiger partial charge in [0.25, 0.3) is 0 Å². The molecule has 4 rings (SSSR count). The van der Waals surface area contributed by atoms with Gasteiger partial charge in [-0.2, -0.15) is 0 Å². The molecule has 7 amide bonds. The lowest BCUT2D eigenvalue weighted by atomic mass is 9.97. The first kappa shape index (κ1) is 45.1. The molecule has 1 unspecified atom stereocenters. The average Bonchev–Trinajstić information content (AvgIpc) is 3.93. The zero-order chi connectivity index (χ0) is 42.9. The fourth-order valence-corrected chi connectivity index (χ4v) is 6.11. The van der Waals surface area contributed by atoms with E-state index in [1.807, 2.05) is 48.6 Å². The maximum absolute atomic E-state index is 13.9. The molecule has 2 heterocycles. The molecule has 2 bridgehead atoms. The normalized spacial score (nSPS) is 21.8. The number of rotatable bonds is 10. The summed E-state index contributed by atoms with van der Waals surface area (Å²) < 4.78 is 7.36. The van der Waals surface area contributed by atoms with Crippen LogP contribution < -0.4 is 37.2 Å². The third-order valence-electron chi connectivity index (χ3n) is 9.84. The third kappa shape index (κ3) is 12.7. The fourth-order valence-electron chi connectivity index (χ4n) is 6.11. The molecule has 1 aliphatic heterocycles. The summed E-state index contributed by atoms with van der Waals surface area (Å²) in [5.74, 6) is -4.31. The van der Waals surface area contributed by atoms with Crippen molar-refractivity contribution < 1.29 is 38.3 Å². The molecule has 18 nitrogen and oxygen atoms in total. The second-order valence-electron chi connectivity index (χ2n) is 16.9. The van der Waals surface area contributed by atoms with Gasteiger partial charge in [-0.25, -0.2) is 0 Å². The van der Waals surface area contributed by atoms with Gasteiger partial charge in [-0.15, -0.1) is 5.10 Å². The number of aryl methyl sites for hydroxylation is 1. The Hall–Kier alpha value is -5.65. The first-order valence-corrected chi connectivity index (χ1v) is 19.4. The van der Waals surface area contributed by atoms with Crippen LogP contribution in [0, 0.1) is 11.8 Å². The molecule has 0 spiro atoms. The van der Waals surface area contributed by atoms with E-state index in [4.69, 9.17) is 4.74 Å². The SMILES string of the molecule is CC(C)(NC(=O)CC1C=CC=C1)C(=O)NC1CCCn2cc(nn2)COC[C@@H](C(=O)NC(C)(C)C(=O)NCC2C=CC=C2)NC(=O)C(C)(C)NC(=O)C(C)(C)NC1=O. The largest absolute Gasteiger partial charge is 0.372 e. The summed E-state index contributed by atoms with van der Waals surface area (Å²) in [6.45, 7) is 12.1. The summed E-state index contributed by atoms with van der Waals surface area (Å²) >= 11 is 0. The molecule has 58 heavy (non-hydrogen) atoms. The molecule has 0 aromatic carbocycles. The molecular formula is C40H58N10O8. The molecular weight excluding hydrogens is 749 g/mol. The van der Waals surface area contributed by atoms with Crippen molar-refractivity contribution in [2.24, 2.45) is 11.8 Å². The van der Waals surface area contributed by atoms with Crippen molar-refractivity contribution >= 4 is 41.4 Å². The number of amides is 7. The van der Waals surface area contributed by atoms with Gasteiger partial charge in [-0.1, -0.05) is 53.8 Å². The van der Waals surface area contributed by atoms with Gasteiger partial charge in [-0.3, -0.25) is 38.2 Å². The lowest BCUT2D eigenvalue weighted by molar-refractivity contribution is -0.140. The van der Waals surface area contributed by atoms with E-state index in [-0.39, 0.29) is 43.8 Å². The molecule has 0 radical (unpaired) electrons. The summed E-state index contributed by atoms with van der Waals surface area (Å²) in [5, 5.41) is 27.3. The molecule has 0 fully saturated rings. The monoisotopic (exact) mass is 806 g/mol. The highest BCUT2D eigenvalue weighted by atomic mass is 16.5. The number of aromatic nitrogens is 3. The summed E-state index contributed by atoms with van der Waals surface area (Å²) in [6, 6.07) is -2.45. The number of carbonyl (C=O) groups excluding carboxylic acids is 7. The average molecular weight is 807 g/mol. The smallest absolute Gasteiger partial charge is 0.246 e. The van der Waals surface area contributed by atoms with Gasteiger partial charge in [0.2, 0.25) is 41.4 Å². The zero-order valence-electron chi connectivity index (χ0n) is 34.6. The molecule has 2 atom stereocenters. The highest BCUT2D eigenvalue weighted by Crippen LogP contribution is 2.16. The number of nitrogens with one attached hydrogen (secondary N) is 7. The van der Waals surface area contributed by atoms with Crippen molar-refractivity contribution in [3.05, 3.63) is 60.5 Å². The first-order valence-electron chi connectivity index (χ1n) is 19.4. The molecule has 1 aromatic heterocycles. The van der Waals surface area contributed by atoms with Crippen LogP contribution in [0.3, 0.4) is 0 Å². The quantitative estimate of drug-likeness (QED) is 0.169. The van der Waals surface area contributed by atoms with Gasteiger partial charge < -0.3 is 42.0 Å². The Labute approximate surface area is 338 Å². The summed E-state index contributed by atoms with van der Waals surface area (Å²) in [4.78, 5) is 94.4. The Morgan fingerprint density at radius 1 is 0.845 bits per heavy atom. The molecule has 18 heteroatoms. The van der Waals surface area contributed by atoms with E-state index < -0.39 is 69.7 Å². The highest BCUT2D eigenvalue weighted by molar-refractivity contribution is 6.00. The van der Waals surface area contributed by atoms with E-state index >= 15 is 0 Å². The minimum absolute atomic E-state index is 0.0328. The number of ether oxygens (including phenoxy) is 1. The number of nitrogens with zero attached hydrogens (tertiary/aromatic N) is 3. The zero-order valence-corrected chi connectivity index (χ0v) is 34.6. The first-order chi connectivity index (χ1) is 27.1. The molecule has 0 saturated heterocycles. The van der Waals surface area contributed by atoms with Gasteiger partial charge in [0.1, 0.15) is 39.9 Å². The van der Waals surface area contributed by atoms with Crippen LogP contribution in [0.5, 0.6) is 0 Å². The van der Waals surface area contributed by atoms with Crippen LogP contribution in [0.15, 0.2) is 54.8 Å². The van der Waals surface area contributed by atoms with Gasteiger partial charge in [0, 0.05) is 31.3 Å². The van der Waals surface area contributed by atoms with Gasteiger partial charge in [0.05, 0.1) is 19.4 Å². The summed E-state index contributed by atoms with van der Waals surface area (Å²) in [7, 11) is 0. The maximum Gasteiger partial charge on any atom is 0.246 e. The predicted octanol–water partition coefficient (Wildman–Crippen LogP) is 0.128. The Bertz CT molecular complexity index is 1830. The highest BCUT2D eigenvalue weighted by Gasteiger charge is 2.41. The van der Waals surface area contributed by atoms with Gasteiger partial charge in [-0.05, 0) is 68.2 Å². The van der Waals surface area contributed by atoms with E-state index in [0.29, 0.717) is 25.2 Å². The second-order valence-corrected chi connectivity index (χ2v) is 16.9. The maximum atomic E-state index is 13.9. The van der Waals surface area contributed by atoms with E-state index in [1.165, 1.54) is 60.1 Å². The van der Waals surface area contributed by atoms with Crippen molar-refractivity contribution in [2.75, 3.05) is 13.2 Å². The summed E-state index contributed by atoms with van der Waals surface area (Å²) in [5.41, 5.74) is -5.58. The van der Waals surface area contributed by atoms with Crippen molar-refractivity contribution in [1.82, 2.24) is 52.2 Å². The number of hydrogen-bond donors (Lipinski definition) is 7. The van der Waals surface area contributed by atoms with Crippen LogP contribution in [0.25, 0.3) is 0 Å². The Morgan fingerprint density at radius 3 is 2.10 bits per heavy atom. The molecule has 0 saturated carbocycles. The second kappa shape index (κ2) is 18.7. The molecule has 7 N–H and O–H groups in total. The number of carbonyl (C=O) groups is 7. The number of hydrogen-bond acceptors (Lipinski definition) is 10. The fraction of sp³-hybridized carbons (Fsp3) is 0.575. The predicted molar refractivity (Wildman–Crippen MR) is 213 cm³/mol. The lowest BCUT2D eigenvalue weighted by Crippen LogP contribution is -2.66. The number of fused-ring (bicyclic) bond motifs is 2. The van der Waals surface area contributed by atoms with Crippen LogP contribution in [0.2, 0.25) is 0 Å². The Morgan fingerprint density at radius 2 is 1.45 bits per heavy atom. The van der Waals surface area contributed by atoms with Crippen molar-refractivity contribution in [1.29, 1.82) is 0 Å². The standard InChI is InChI=1S/C40H58N10O8/c1-37(2,33(54)41-21-26-16-11-12-17-26)46-32(53)29-24-58-23-27-22-50(49-48-27)19-13-18-28(31(52)45-40(7,8)36(57)47-39(5,6)35(56)43-29)42-34(55)38(3,4)44-30(51)20-25-14-9-10-15-25/h9-12,14-17,22,25-26,28-29H,13,18-21,23-24H2,1-8H3,(H,41,54)(H,42,55)(H,43,56)(H,44,51)(H,45,52)(H,46,53)(H,47,57)/t28?,29-/m0/s1. The van der Waals surface area contributed by atoms with Gasteiger partial charge in [0.15, 0.2) is 0 Å². The molecule has 316 valence electrons. The van der Waals surface area contributed by atoms with Crippen molar-refractivity contribution in [2.45, 2.75) is 122 Å². The van der Waals surface area contributed by atoms with Crippen LogP contribution in [0.1, 0.15) is 80.3 Å². The molecule has 3 aliphatic rings. The third-order valence-corrected chi connectivity index (χ3v) is 9.84. The van der Waals surface area contributed by atoms with Crippen LogP contribution in [-0.4, -0.2) is 104 Å². The summed E-state index contributed by atoms with van der Waals surface area (Å²) in [6.07, 6.45) is 17.3. The van der Waals surface area contributed by atoms with Crippen LogP contribution >= 0.6 is 0 Å². The van der Waals surface area contributed by atoms with Gasteiger partial charge >= 0.3 is 0 Å². The lowest BCUT2D eigenvalue weighted by Gasteiger charge is -2.34. The van der Waals surface area contributed by atoms with E-state index in [9.17, 15) is 33.6 Å². The number of allylic oxidation sites excluding steroid dienone is 6. The van der Waals surface area contributed by atoms with Crippen molar-refractivity contribution in [3.63, 3.8) is 0 Å².